The van der Waals surface area contributed by atoms with E-state index < -0.39 is 6.43 Å². The van der Waals surface area contributed by atoms with Crippen molar-refractivity contribution < 1.29 is 8.78 Å². The second kappa shape index (κ2) is 7.43. The first-order valence-corrected chi connectivity index (χ1v) is 7.18. The number of hydrogen-bond donors (Lipinski definition) is 2. The highest BCUT2D eigenvalue weighted by Gasteiger charge is 2.21. The summed E-state index contributed by atoms with van der Waals surface area (Å²) in [5.41, 5.74) is -0.0959. The molecule has 0 radical (unpaired) electrons. The lowest BCUT2D eigenvalue weighted by molar-refractivity contribution is 0.152. The van der Waals surface area contributed by atoms with Gasteiger partial charge in [-0.3, -0.25) is 4.99 Å². The molecule has 0 unspecified atom stereocenters. The molecule has 3 nitrogen and oxygen atoms in total. The molecule has 1 rings (SSSR count). The molecule has 0 aliphatic rings. The summed E-state index contributed by atoms with van der Waals surface area (Å²) >= 11 is 1.68. The lowest BCUT2D eigenvalue weighted by Gasteiger charge is -2.21. The number of nitrogens with one attached hydrogen (secondary N) is 2. The minimum atomic E-state index is -2.38. The van der Waals surface area contributed by atoms with Crippen LogP contribution in [0.15, 0.2) is 22.5 Å². The summed E-state index contributed by atoms with van der Waals surface area (Å²) in [6.45, 7) is 6.91. The summed E-state index contributed by atoms with van der Waals surface area (Å²) in [7, 11) is 0. The third-order valence-corrected chi connectivity index (χ3v) is 3.82. The highest BCUT2D eigenvalue weighted by atomic mass is 32.1. The van der Waals surface area contributed by atoms with E-state index in [2.05, 4.69) is 35.5 Å². The van der Waals surface area contributed by atoms with Crippen molar-refractivity contribution in [3.8, 4) is 0 Å². The van der Waals surface area contributed by atoms with Gasteiger partial charge < -0.3 is 10.6 Å². The van der Waals surface area contributed by atoms with E-state index in [1.807, 2.05) is 18.4 Å². The van der Waals surface area contributed by atoms with Gasteiger partial charge in [0, 0.05) is 16.8 Å². The third-order valence-electron chi connectivity index (χ3n) is 2.59. The quantitative estimate of drug-likeness (QED) is 0.624. The Morgan fingerprint density at radius 2 is 2.16 bits per heavy atom. The van der Waals surface area contributed by atoms with Gasteiger partial charge in [0.1, 0.15) is 0 Å². The van der Waals surface area contributed by atoms with E-state index in [1.54, 1.807) is 11.3 Å². The van der Waals surface area contributed by atoms with Gasteiger partial charge >= 0.3 is 0 Å². The molecule has 0 fully saturated rings. The summed E-state index contributed by atoms with van der Waals surface area (Å²) in [5.74, 6) is 0.437. The maximum atomic E-state index is 12.2. The number of nitrogens with zero attached hydrogens (tertiary/aromatic N) is 1. The first kappa shape index (κ1) is 15.9. The van der Waals surface area contributed by atoms with Crippen LogP contribution >= 0.6 is 11.3 Å². The first-order chi connectivity index (χ1) is 8.95. The summed E-state index contributed by atoms with van der Waals surface area (Å²) < 4.78 is 24.4. The van der Waals surface area contributed by atoms with Gasteiger partial charge in [0.15, 0.2) is 5.96 Å². The van der Waals surface area contributed by atoms with Crippen LogP contribution in [-0.4, -0.2) is 32.0 Å². The smallest absolute Gasteiger partial charge is 0.255 e. The first-order valence-electron chi connectivity index (χ1n) is 6.30. The highest BCUT2D eigenvalue weighted by molar-refractivity contribution is 7.10. The minimum Gasteiger partial charge on any atom is -0.357 e. The summed E-state index contributed by atoms with van der Waals surface area (Å²) in [4.78, 5) is 5.62. The minimum absolute atomic E-state index is 0.0959. The van der Waals surface area contributed by atoms with Crippen molar-refractivity contribution in [3.05, 3.63) is 22.4 Å². The topological polar surface area (TPSA) is 36.4 Å². The van der Waals surface area contributed by atoms with Gasteiger partial charge in [0.05, 0.1) is 13.1 Å². The molecular formula is C13H21F2N3S. The monoisotopic (exact) mass is 289 g/mol. The van der Waals surface area contributed by atoms with Gasteiger partial charge in [-0.25, -0.2) is 8.78 Å². The fraction of sp³-hybridized carbons (Fsp3) is 0.615. The molecule has 108 valence electrons. The van der Waals surface area contributed by atoms with Crippen LogP contribution in [0.2, 0.25) is 0 Å². The number of aliphatic imine (C=N–C) groups is 1. The maximum Gasteiger partial charge on any atom is 0.255 e. The highest BCUT2D eigenvalue weighted by Crippen LogP contribution is 2.27. The molecule has 1 aromatic heterocycles. The van der Waals surface area contributed by atoms with Gasteiger partial charge in [0.2, 0.25) is 0 Å². The molecule has 19 heavy (non-hydrogen) atoms. The van der Waals surface area contributed by atoms with Crippen molar-refractivity contribution in [2.75, 3.05) is 19.6 Å². The molecule has 6 heteroatoms. The number of hydrogen-bond acceptors (Lipinski definition) is 2. The molecule has 0 amide bonds. The summed E-state index contributed by atoms with van der Waals surface area (Å²) in [6.07, 6.45) is -2.38. The zero-order valence-electron chi connectivity index (χ0n) is 11.5. The molecule has 0 saturated heterocycles. The summed E-state index contributed by atoms with van der Waals surface area (Å²) in [5, 5.41) is 7.62. The predicted molar refractivity (Wildman–Crippen MR) is 77.3 cm³/mol. The van der Waals surface area contributed by atoms with Crippen LogP contribution in [0.1, 0.15) is 25.6 Å². The zero-order chi connectivity index (χ0) is 14.3. The average Bonchev–Trinajstić information content (AvgIpc) is 2.87. The van der Waals surface area contributed by atoms with E-state index in [1.165, 1.54) is 4.88 Å². The lowest BCUT2D eigenvalue weighted by Crippen LogP contribution is -2.40. The predicted octanol–water partition coefficient (Wildman–Crippen LogP) is 2.85. The Kier molecular flexibility index (Phi) is 6.21. The Labute approximate surface area is 117 Å². The van der Waals surface area contributed by atoms with Crippen molar-refractivity contribution in [3.63, 3.8) is 0 Å². The molecule has 1 aromatic rings. The normalized spacial score (nSPS) is 12.8. The van der Waals surface area contributed by atoms with Crippen LogP contribution in [0, 0.1) is 0 Å². The fourth-order valence-corrected chi connectivity index (χ4v) is 2.38. The van der Waals surface area contributed by atoms with Crippen molar-refractivity contribution in [2.45, 2.75) is 32.6 Å². The third kappa shape index (κ3) is 5.55. The molecule has 0 aromatic carbocycles. The van der Waals surface area contributed by atoms with Crippen LogP contribution < -0.4 is 10.6 Å². The van der Waals surface area contributed by atoms with Crippen LogP contribution in [-0.2, 0) is 5.41 Å². The van der Waals surface area contributed by atoms with E-state index in [-0.39, 0.29) is 12.0 Å². The Morgan fingerprint density at radius 1 is 1.42 bits per heavy atom. The Balaban J connectivity index is 2.63. The molecule has 0 saturated carbocycles. The maximum absolute atomic E-state index is 12.2. The molecule has 0 bridgehead atoms. The van der Waals surface area contributed by atoms with Gasteiger partial charge in [-0.2, -0.15) is 0 Å². The van der Waals surface area contributed by atoms with Crippen LogP contribution in [0.5, 0.6) is 0 Å². The Morgan fingerprint density at radius 3 is 2.68 bits per heavy atom. The SMILES string of the molecule is CCNC(=NCC(C)(C)c1cccs1)NCC(F)F. The number of alkyl halides is 2. The van der Waals surface area contributed by atoms with Crippen molar-refractivity contribution in [1.82, 2.24) is 10.6 Å². The molecule has 0 aliphatic carbocycles. The number of rotatable bonds is 6. The number of guanidine groups is 1. The van der Waals surface area contributed by atoms with E-state index in [4.69, 9.17) is 0 Å². The van der Waals surface area contributed by atoms with E-state index in [0.717, 1.165) is 0 Å². The van der Waals surface area contributed by atoms with Crippen molar-refractivity contribution in [1.29, 1.82) is 0 Å². The molecular weight excluding hydrogens is 268 g/mol. The molecule has 0 atom stereocenters. The number of thiophene rings is 1. The van der Waals surface area contributed by atoms with Gasteiger partial charge in [-0.1, -0.05) is 19.9 Å². The van der Waals surface area contributed by atoms with Crippen LogP contribution in [0.3, 0.4) is 0 Å². The van der Waals surface area contributed by atoms with Crippen molar-refractivity contribution >= 4 is 17.3 Å². The van der Waals surface area contributed by atoms with E-state index >= 15 is 0 Å². The van der Waals surface area contributed by atoms with E-state index in [9.17, 15) is 8.78 Å². The van der Waals surface area contributed by atoms with Gasteiger partial charge in [-0.15, -0.1) is 11.3 Å². The van der Waals surface area contributed by atoms with E-state index in [0.29, 0.717) is 19.0 Å². The lowest BCUT2D eigenvalue weighted by atomic mass is 9.92. The molecule has 2 N–H and O–H groups in total. The van der Waals surface area contributed by atoms with Crippen LogP contribution in [0.25, 0.3) is 0 Å². The number of halogens is 2. The zero-order valence-corrected chi connectivity index (χ0v) is 12.4. The largest absolute Gasteiger partial charge is 0.357 e. The van der Waals surface area contributed by atoms with Gasteiger partial charge in [-0.05, 0) is 18.4 Å². The summed E-state index contributed by atoms with van der Waals surface area (Å²) in [6, 6.07) is 4.07. The van der Waals surface area contributed by atoms with Crippen molar-refractivity contribution in [2.24, 2.45) is 4.99 Å². The second-order valence-electron chi connectivity index (χ2n) is 4.83. The molecule has 1 heterocycles. The average molecular weight is 289 g/mol. The Bertz CT molecular complexity index is 389. The standard InChI is InChI=1S/C13H21F2N3S/c1-4-16-12(17-8-11(14)15)18-9-13(2,3)10-6-5-7-19-10/h5-7,11H,4,8-9H2,1-3H3,(H2,16,17,18). The van der Waals surface area contributed by atoms with Crippen LogP contribution in [0.4, 0.5) is 8.78 Å². The second-order valence-corrected chi connectivity index (χ2v) is 5.78. The molecule has 0 aliphatic heterocycles. The fourth-order valence-electron chi connectivity index (χ4n) is 1.53. The Hall–Kier alpha value is -1.17. The molecule has 0 spiro atoms. The van der Waals surface area contributed by atoms with Gasteiger partial charge in [0.25, 0.3) is 6.43 Å².